The number of ether oxygens (including phenoxy) is 2. The number of rotatable bonds is 8. The number of nitrogens with one attached hydrogen (secondary N) is 1. The van der Waals surface area contributed by atoms with Crippen molar-refractivity contribution in [2.24, 2.45) is 5.10 Å². The van der Waals surface area contributed by atoms with Crippen molar-refractivity contribution in [1.82, 2.24) is 4.98 Å². The topological polar surface area (TPSA) is 110 Å². The molecule has 1 aromatic carbocycles. The van der Waals surface area contributed by atoms with Crippen LogP contribution in [0.15, 0.2) is 45.9 Å². The predicted molar refractivity (Wildman–Crippen MR) is 121 cm³/mol. The van der Waals surface area contributed by atoms with Crippen molar-refractivity contribution in [3.05, 3.63) is 69.6 Å². The number of hydrogen-bond acceptors (Lipinski definition) is 8. The second kappa shape index (κ2) is 10.6. The first-order valence-corrected chi connectivity index (χ1v) is 10.1. The molecule has 0 fully saturated rings. The van der Waals surface area contributed by atoms with E-state index in [0.717, 1.165) is 11.3 Å². The molecule has 9 heteroatoms. The zero-order valence-corrected chi connectivity index (χ0v) is 18.6. The number of aryl methyl sites for hydroxylation is 1. The number of hydrazone groups is 1. The van der Waals surface area contributed by atoms with Crippen LogP contribution in [0.25, 0.3) is 11.3 Å². The number of nitrogens with zero attached hydrogens (tertiary/aromatic N) is 3. The number of hydrogen-bond donors (Lipinski definition) is 1. The zero-order chi connectivity index (χ0) is 23.1. The van der Waals surface area contributed by atoms with Gasteiger partial charge in [-0.2, -0.15) is 10.4 Å². The lowest BCUT2D eigenvalue weighted by atomic mass is 10.1. The van der Waals surface area contributed by atoms with Crippen LogP contribution in [0.3, 0.4) is 0 Å². The zero-order valence-electron chi connectivity index (χ0n) is 17.8. The van der Waals surface area contributed by atoms with Crippen LogP contribution >= 0.6 is 11.6 Å². The van der Waals surface area contributed by atoms with Gasteiger partial charge in [-0.15, -0.1) is 0 Å². The van der Waals surface area contributed by atoms with Crippen LogP contribution in [-0.4, -0.2) is 30.9 Å². The van der Waals surface area contributed by atoms with Gasteiger partial charge in [0.15, 0.2) is 5.82 Å². The summed E-state index contributed by atoms with van der Waals surface area (Å²) in [6.07, 6.45) is 1.47. The highest BCUT2D eigenvalue weighted by molar-refractivity contribution is 6.33. The van der Waals surface area contributed by atoms with Crippen LogP contribution in [-0.2, 0) is 16.1 Å². The number of aromatic nitrogens is 1. The van der Waals surface area contributed by atoms with Crippen molar-refractivity contribution < 1.29 is 18.7 Å². The number of halogens is 1. The number of carbonyl (C=O) groups is 1. The first-order chi connectivity index (χ1) is 15.5. The Bertz CT molecular complexity index is 1200. The first kappa shape index (κ1) is 23.0. The molecular weight excluding hydrogens is 432 g/mol. The largest absolute Gasteiger partial charge is 0.462 e. The molecule has 0 saturated heterocycles. The van der Waals surface area contributed by atoms with E-state index >= 15 is 0 Å². The minimum atomic E-state index is -0.497. The lowest BCUT2D eigenvalue weighted by molar-refractivity contribution is 0.0526. The molecule has 0 aliphatic rings. The van der Waals surface area contributed by atoms with Crippen molar-refractivity contribution in [2.75, 3.05) is 19.1 Å². The SMILES string of the molecule is CCOC(=O)c1cc(-c2ccc(/C=N\Nc3nc(C)cc(COC)c3C#N)o2)ccc1Cl. The highest BCUT2D eigenvalue weighted by Gasteiger charge is 2.15. The van der Waals surface area contributed by atoms with Gasteiger partial charge in [0, 0.05) is 23.9 Å². The molecule has 3 rings (SSSR count). The van der Waals surface area contributed by atoms with Gasteiger partial charge in [-0.1, -0.05) is 11.6 Å². The second-order valence-corrected chi connectivity index (χ2v) is 7.09. The molecule has 2 heterocycles. The molecular formula is C23H21ClN4O4. The van der Waals surface area contributed by atoms with Gasteiger partial charge in [0.2, 0.25) is 0 Å². The van der Waals surface area contributed by atoms with E-state index in [0.29, 0.717) is 40.1 Å². The van der Waals surface area contributed by atoms with Crippen LogP contribution in [0.2, 0.25) is 5.02 Å². The summed E-state index contributed by atoms with van der Waals surface area (Å²) in [5.74, 6) is 0.828. The average molecular weight is 453 g/mol. The van der Waals surface area contributed by atoms with Gasteiger partial charge in [0.1, 0.15) is 23.2 Å². The summed E-state index contributed by atoms with van der Waals surface area (Å²) in [7, 11) is 1.56. The van der Waals surface area contributed by atoms with Crippen LogP contribution in [0.1, 0.15) is 39.9 Å². The van der Waals surface area contributed by atoms with Gasteiger partial charge in [0.25, 0.3) is 0 Å². The van der Waals surface area contributed by atoms with E-state index in [1.807, 2.05) is 6.92 Å². The quantitative estimate of drug-likeness (QED) is 0.292. The fourth-order valence-corrected chi connectivity index (χ4v) is 3.19. The van der Waals surface area contributed by atoms with Gasteiger partial charge in [-0.25, -0.2) is 9.78 Å². The number of esters is 1. The summed E-state index contributed by atoms with van der Waals surface area (Å²) in [5, 5.41) is 13.9. The van der Waals surface area contributed by atoms with E-state index < -0.39 is 5.97 Å². The Labute approximate surface area is 190 Å². The summed E-state index contributed by atoms with van der Waals surface area (Å²) in [5.41, 5.74) is 5.54. The van der Waals surface area contributed by atoms with E-state index in [2.05, 4.69) is 21.6 Å². The van der Waals surface area contributed by atoms with Crippen LogP contribution in [0.4, 0.5) is 5.82 Å². The van der Waals surface area contributed by atoms with Gasteiger partial charge in [0.05, 0.1) is 30.0 Å². The van der Waals surface area contributed by atoms with Crippen molar-refractivity contribution in [2.45, 2.75) is 20.5 Å². The van der Waals surface area contributed by atoms with E-state index in [1.165, 1.54) is 6.21 Å². The molecule has 0 atom stereocenters. The predicted octanol–water partition coefficient (Wildman–Crippen LogP) is 4.94. The molecule has 1 N–H and O–H groups in total. The van der Waals surface area contributed by atoms with E-state index in [9.17, 15) is 10.1 Å². The van der Waals surface area contributed by atoms with Gasteiger partial charge in [-0.3, -0.25) is 5.43 Å². The van der Waals surface area contributed by atoms with Crippen LogP contribution in [0, 0.1) is 18.3 Å². The third-order valence-electron chi connectivity index (χ3n) is 4.38. The second-order valence-electron chi connectivity index (χ2n) is 6.68. The number of carbonyl (C=O) groups excluding carboxylic acids is 1. The molecule has 0 aliphatic heterocycles. The maximum atomic E-state index is 12.1. The number of furan rings is 1. The Morgan fingerprint density at radius 3 is 2.88 bits per heavy atom. The Morgan fingerprint density at radius 1 is 1.34 bits per heavy atom. The minimum Gasteiger partial charge on any atom is -0.462 e. The molecule has 0 radical (unpaired) electrons. The molecule has 0 spiro atoms. The molecule has 0 unspecified atom stereocenters. The van der Waals surface area contributed by atoms with Gasteiger partial charge in [-0.05, 0) is 50.2 Å². The summed E-state index contributed by atoms with van der Waals surface area (Å²) in [6, 6.07) is 12.4. The van der Waals surface area contributed by atoms with Crippen molar-refractivity contribution in [1.29, 1.82) is 5.26 Å². The minimum absolute atomic E-state index is 0.254. The molecule has 2 aromatic heterocycles. The maximum Gasteiger partial charge on any atom is 0.339 e. The molecule has 8 nitrogen and oxygen atoms in total. The number of benzene rings is 1. The average Bonchev–Trinajstić information content (AvgIpc) is 3.23. The standard InChI is InChI=1S/C23H21ClN4O4/c1-4-31-23(29)18-10-15(5-7-20(18)24)21-8-6-17(32-21)12-26-28-22-19(11-25)16(13-30-3)9-14(2)27-22/h5-10,12H,4,13H2,1-3H3,(H,27,28)/b26-12-. The smallest absolute Gasteiger partial charge is 0.339 e. The monoisotopic (exact) mass is 452 g/mol. The van der Waals surface area contributed by atoms with E-state index in [4.69, 9.17) is 25.5 Å². The lowest BCUT2D eigenvalue weighted by Gasteiger charge is -2.08. The molecule has 3 aromatic rings. The molecule has 0 saturated carbocycles. The first-order valence-electron chi connectivity index (χ1n) is 9.72. The third-order valence-corrected chi connectivity index (χ3v) is 4.71. The fraction of sp³-hybridized carbons (Fsp3) is 0.217. The highest BCUT2D eigenvalue weighted by Crippen LogP contribution is 2.27. The summed E-state index contributed by atoms with van der Waals surface area (Å²) in [4.78, 5) is 16.4. The molecule has 0 aliphatic carbocycles. The van der Waals surface area contributed by atoms with Crippen molar-refractivity contribution >= 4 is 29.6 Å². The van der Waals surface area contributed by atoms with Gasteiger partial charge >= 0.3 is 5.97 Å². The van der Waals surface area contributed by atoms with Crippen molar-refractivity contribution in [3.8, 4) is 17.4 Å². The van der Waals surface area contributed by atoms with Crippen LogP contribution in [0.5, 0.6) is 0 Å². The van der Waals surface area contributed by atoms with Gasteiger partial charge < -0.3 is 13.9 Å². The maximum absolute atomic E-state index is 12.1. The Kier molecular flexibility index (Phi) is 7.60. The number of pyridine rings is 1. The number of methoxy groups -OCH3 is 1. The summed E-state index contributed by atoms with van der Waals surface area (Å²) in [6.45, 7) is 4.10. The molecule has 0 amide bonds. The fourth-order valence-electron chi connectivity index (χ4n) is 2.99. The third kappa shape index (κ3) is 5.32. The molecule has 0 bridgehead atoms. The Hall–Kier alpha value is -3.67. The summed E-state index contributed by atoms with van der Waals surface area (Å²) < 4.78 is 16.0. The highest BCUT2D eigenvalue weighted by atomic mass is 35.5. The van der Waals surface area contributed by atoms with E-state index in [1.54, 1.807) is 50.4 Å². The molecule has 164 valence electrons. The normalized spacial score (nSPS) is 10.8. The Morgan fingerprint density at radius 2 is 2.16 bits per heavy atom. The molecule has 32 heavy (non-hydrogen) atoms. The van der Waals surface area contributed by atoms with E-state index in [-0.39, 0.29) is 12.2 Å². The summed E-state index contributed by atoms with van der Waals surface area (Å²) >= 11 is 6.12. The van der Waals surface area contributed by atoms with Crippen LogP contribution < -0.4 is 5.43 Å². The Balaban J connectivity index is 1.79. The number of nitriles is 1. The van der Waals surface area contributed by atoms with Crippen molar-refractivity contribution in [3.63, 3.8) is 0 Å². The number of anilines is 1. The lowest BCUT2D eigenvalue weighted by Crippen LogP contribution is -2.05.